The zero-order valence-corrected chi connectivity index (χ0v) is 20.3. The Labute approximate surface area is 211 Å². The van der Waals surface area contributed by atoms with E-state index in [1.165, 1.54) is 6.20 Å². The number of nitrogens with zero attached hydrogens (tertiary/aromatic N) is 5. The first-order valence-electron chi connectivity index (χ1n) is 11.8. The third kappa shape index (κ3) is 5.18. The minimum absolute atomic E-state index is 0.0490. The number of anilines is 3. The summed E-state index contributed by atoms with van der Waals surface area (Å²) in [5, 5.41) is 3.35. The molecule has 0 aliphatic carbocycles. The minimum Gasteiger partial charge on any atom is -0.486 e. The molecule has 1 saturated heterocycles. The van der Waals surface area contributed by atoms with Crippen LogP contribution in [0, 0.1) is 5.82 Å². The Bertz CT molecular complexity index is 1270. The second-order valence-electron chi connectivity index (χ2n) is 9.01. The average molecular weight is 519 g/mol. The van der Waals surface area contributed by atoms with E-state index in [0.29, 0.717) is 29.5 Å². The van der Waals surface area contributed by atoms with Crippen molar-refractivity contribution in [3.63, 3.8) is 0 Å². The Morgan fingerprint density at radius 3 is 2.62 bits per heavy atom. The van der Waals surface area contributed by atoms with Crippen LogP contribution >= 0.6 is 0 Å². The number of pyridine rings is 1. The lowest BCUT2D eigenvalue weighted by Gasteiger charge is -2.36. The molecule has 37 heavy (non-hydrogen) atoms. The van der Waals surface area contributed by atoms with Crippen LogP contribution in [0.5, 0.6) is 11.6 Å². The molecule has 1 atom stereocenters. The maximum atomic E-state index is 13.6. The topological polar surface area (TPSA) is 75.6 Å². The number of benzene rings is 1. The predicted molar refractivity (Wildman–Crippen MR) is 130 cm³/mol. The van der Waals surface area contributed by atoms with Gasteiger partial charge in [-0.05, 0) is 36.6 Å². The molecule has 8 nitrogen and oxygen atoms in total. The highest BCUT2D eigenvalue weighted by Crippen LogP contribution is 2.42. The molecule has 1 aromatic carbocycles. The van der Waals surface area contributed by atoms with E-state index in [2.05, 4.69) is 25.2 Å². The fourth-order valence-corrected chi connectivity index (χ4v) is 4.75. The van der Waals surface area contributed by atoms with Crippen molar-refractivity contribution in [3.05, 3.63) is 59.7 Å². The number of fused-ring (bicyclic) bond motifs is 1. The van der Waals surface area contributed by atoms with Crippen LogP contribution in [0.25, 0.3) is 0 Å². The van der Waals surface area contributed by atoms with Crippen molar-refractivity contribution in [1.29, 1.82) is 0 Å². The summed E-state index contributed by atoms with van der Waals surface area (Å²) in [6, 6.07) is 5.86. The van der Waals surface area contributed by atoms with Gasteiger partial charge in [0.2, 0.25) is 11.8 Å². The third-order valence-electron chi connectivity index (χ3n) is 6.74. The number of alkyl halides is 3. The standard InChI is InChI=1S/C25H26F4N6O2/c1-34-20(18-4-3-15(26)11-19(18)25(27,28)29)14-37-21-13-31-24(33-23(21)34)32-16-6-9-35(10-7-16)17-5-8-30-22(12-17)36-2/h3-5,8,11-13,16,20H,6-7,9-10,14H2,1-2H3,(H,31,32,33). The number of hydrogen-bond donors (Lipinski definition) is 1. The summed E-state index contributed by atoms with van der Waals surface area (Å²) < 4.78 is 65.4. The van der Waals surface area contributed by atoms with Gasteiger partial charge in [-0.3, -0.25) is 0 Å². The first-order valence-corrected chi connectivity index (χ1v) is 11.8. The molecule has 1 fully saturated rings. The molecule has 196 valence electrons. The summed E-state index contributed by atoms with van der Waals surface area (Å²) in [5.41, 5.74) is -0.0585. The molecule has 2 aliphatic rings. The van der Waals surface area contributed by atoms with Gasteiger partial charge >= 0.3 is 6.18 Å². The second-order valence-corrected chi connectivity index (χ2v) is 9.01. The van der Waals surface area contributed by atoms with Crippen LogP contribution in [0.3, 0.4) is 0 Å². The van der Waals surface area contributed by atoms with Gasteiger partial charge in [0.1, 0.15) is 12.4 Å². The summed E-state index contributed by atoms with van der Waals surface area (Å²) in [6.07, 6.45) is 0.211. The molecule has 2 aliphatic heterocycles. The van der Waals surface area contributed by atoms with Crippen LogP contribution < -0.4 is 24.6 Å². The third-order valence-corrected chi connectivity index (χ3v) is 6.74. The van der Waals surface area contributed by atoms with Gasteiger partial charge in [0.05, 0.1) is 24.9 Å². The first-order chi connectivity index (χ1) is 17.7. The largest absolute Gasteiger partial charge is 0.486 e. The molecule has 5 rings (SSSR count). The van der Waals surface area contributed by atoms with Crippen molar-refractivity contribution < 1.29 is 27.0 Å². The number of aromatic nitrogens is 3. The van der Waals surface area contributed by atoms with Gasteiger partial charge < -0.3 is 24.6 Å². The predicted octanol–water partition coefficient (Wildman–Crippen LogP) is 4.69. The number of likely N-dealkylation sites (N-methyl/N-ethyl adjacent to an activating group) is 1. The summed E-state index contributed by atoms with van der Waals surface area (Å²) in [5.74, 6) is 0.731. The van der Waals surface area contributed by atoms with Gasteiger partial charge in [-0.15, -0.1) is 0 Å². The fraction of sp³-hybridized carbons (Fsp3) is 0.400. The Kier molecular flexibility index (Phi) is 6.65. The maximum absolute atomic E-state index is 13.6. The van der Waals surface area contributed by atoms with Gasteiger partial charge in [-0.1, -0.05) is 6.07 Å². The molecule has 3 aromatic rings. The van der Waals surface area contributed by atoms with Crippen LogP contribution in [-0.4, -0.2) is 54.8 Å². The van der Waals surface area contributed by atoms with Crippen molar-refractivity contribution >= 4 is 17.5 Å². The van der Waals surface area contributed by atoms with Crippen LogP contribution in [0.1, 0.15) is 30.0 Å². The Morgan fingerprint density at radius 1 is 1.11 bits per heavy atom. The number of halogens is 4. The lowest BCUT2D eigenvalue weighted by Crippen LogP contribution is -2.39. The monoisotopic (exact) mass is 518 g/mol. The van der Waals surface area contributed by atoms with E-state index >= 15 is 0 Å². The molecule has 0 saturated carbocycles. The Balaban J connectivity index is 1.29. The average Bonchev–Trinajstić information content (AvgIpc) is 2.89. The summed E-state index contributed by atoms with van der Waals surface area (Å²) >= 11 is 0. The van der Waals surface area contributed by atoms with Crippen LogP contribution in [-0.2, 0) is 6.18 Å². The number of hydrogen-bond acceptors (Lipinski definition) is 8. The van der Waals surface area contributed by atoms with E-state index in [0.717, 1.165) is 43.8 Å². The number of piperidine rings is 1. The Morgan fingerprint density at radius 2 is 1.89 bits per heavy atom. The molecule has 1 N–H and O–H groups in total. The van der Waals surface area contributed by atoms with Crippen molar-refractivity contribution in [1.82, 2.24) is 15.0 Å². The van der Waals surface area contributed by atoms with Crippen LogP contribution in [0.15, 0.2) is 42.7 Å². The summed E-state index contributed by atoms with van der Waals surface area (Å²) in [7, 11) is 3.23. The number of ether oxygens (including phenoxy) is 2. The van der Waals surface area contributed by atoms with Crippen LogP contribution in [0.2, 0.25) is 0 Å². The molecule has 0 radical (unpaired) electrons. The normalized spacial score (nSPS) is 18.3. The molecule has 12 heteroatoms. The van der Waals surface area contributed by atoms with Gasteiger partial charge in [0.25, 0.3) is 0 Å². The molecule has 0 spiro atoms. The maximum Gasteiger partial charge on any atom is 0.416 e. The SMILES string of the molecule is COc1cc(N2CCC(Nc3ncc4c(n3)N(C)C(c3ccc(F)cc3C(F)(F)F)CO4)CC2)ccn1. The molecule has 4 heterocycles. The van der Waals surface area contributed by atoms with Crippen molar-refractivity contribution in [3.8, 4) is 11.6 Å². The number of methoxy groups -OCH3 is 1. The van der Waals surface area contributed by atoms with Crippen molar-refractivity contribution in [2.24, 2.45) is 0 Å². The lowest BCUT2D eigenvalue weighted by molar-refractivity contribution is -0.138. The molecule has 2 aromatic heterocycles. The van der Waals surface area contributed by atoms with Gasteiger partial charge in [-0.2, -0.15) is 18.2 Å². The van der Waals surface area contributed by atoms with Gasteiger partial charge in [-0.25, -0.2) is 14.4 Å². The van der Waals surface area contributed by atoms with E-state index in [1.54, 1.807) is 25.3 Å². The van der Waals surface area contributed by atoms with E-state index in [-0.39, 0.29) is 18.2 Å². The first kappa shape index (κ1) is 24.8. The molecule has 1 unspecified atom stereocenters. The van der Waals surface area contributed by atoms with Gasteiger partial charge in [0.15, 0.2) is 11.6 Å². The fourth-order valence-electron chi connectivity index (χ4n) is 4.75. The van der Waals surface area contributed by atoms with Crippen LogP contribution in [0.4, 0.5) is 35.0 Å². The van der Waals surface area contributed by atoms with E-state index in [9.17, 15) is 17.6 Å². The lowest BCUT2D eigenvalue weighted by atomic mass is 9.98. The summed E-state index contributed by atoms with van der Waals surface area (Å²) in [6.45, 7) is 1.57. The van der Waals surface area contributed by atoms with Crippen molar-refractivity contribution in [2.75, 3.05) is 49.0 Å². The van der Waals surface area contributed by atoms with E-state index < -0.39 is 23.6 Å². The highest BCUT2D eigenvalue weighted by atomic mass is 19.4. The van der Waals surface area contributed by atoms with E-state index in [1.807, 2.05) is 12.1 Å². The summed E-state index contributed by atoms with van der Waals surface area (Å²) in [4.78, 5) is 16.9. The van der Waals surface area contributed by atoms with Crippen molar-refractivity contribution in [2.45, 2.75) is 31.1 Å². The quantitative estimate of drug-likeness (QED) is 0.488. The number of rotatable bonds is 5. The molecular formula is C25H26F4N6O2. The highest BCUT2D eigenvalue weighted by Gasteiger charge is 2.39. The van der Waals surface area contributed by atoms with E-state index in [4.69, 9.17) is 9.47 Å². The second kappa shape index (κ2) is 9.91. The number of nitrogens with one attached hydrogen (secondary N) is 1. The zero-order valence-electron chi connectivity index (χ0n) is 20.3. The molecule has 0 bridgehead atoms. The smallest absolute Gasteiger partial charge is 0.416 e. The Hall–Kier alpha value is -3.83. The molecular weight excluding hydrogens is 492 g/mol. The highest BCUT2D eigenvalue weighted by molar-refractivity contribution is 5.58. The molecule has 0 amide bonds. The minimum atomic E-state index is -4.70. The van der Waals surface area contributed by atoms with Gasteiger partial charge in [0, 0.05) is 44.1 Å². The zero-order chi connectivity index (χ0) is 26.2.